The van der Waals surface area contributed by atoms with Crippen LogP contribution >= 0.6 is 0 Å². The van der Waals surface area contributed by atoms with Gasteiger partial charge in [-0.05, 0) is 151 Å². The fourth-order valence-electron chi connectivity index (χ4n) is 5.93. The van der Waals surface area contributed by atoms with E-state index in [9.17, 15) is 19.0 Å². The van der Waals surface area contributed by atoms with E-state index in [1.165, 1.54) is 24.3 Å². The number of rotatable bonds is 6. The molecule has 0 amide bonds. The zero-order valence-electron chi connectivity index (χ0n) is 28.4. The average Bonchev–Trinajstić information content (AvgIpc) is 3.76. The lowest BCUT2D eigenvalue weighted by atomic mass is 9.94. The number of aromatic nitrogens is 4. The number of aliphatic hydroxyl groups is 2. The highest BCUT2D eigenvalue weighted by atomic mass is 19.1. The maximum absolute atomic E-state index is 13.1. The number of fused-ring (bicyclic) bond motifs is 2. The van der Waals surface area contributed by atoms with E-state index in [0.29, 0.717) is 0 Å². The Labute approximate surface area is 294 Å². The van der Waals surface area contributed by atoms with Crippen LogP contribution in [0.3, 0.4) is 0 Å². The quantitative estimate of drug-likeness (QED) is 0.184. The van der Waals surface area contributed by atoms with Crippen molar-refractivity contribution in [1.82, 2.24) is 19.2 Å². The third kappa shape index (κ3) is 7.48. The molecule has 0 fully saturated rings. The van der Waals surface area contributed by atoms with Gasteiger partial charge < -0.3 is 10.2 Å². The molecule has 4 aromatic heterocycles. The topological polar surface area (TPSA) is 75.1 Å². The molecule has 8 heteroatoms. The molecule has 2 N–H and O–H groups in total. The molecule has 8 aromatic rings. The molecule has 8 rings (SSSR count). The van der Waals surface area contributed by atoms with Gasteiger partial charge in [-0.2, -0.15) is 10.2 Å². The highest BCUT2D eigenvalue weighted by molar-refractivity contribution is 5.74. The Morgan fingerprint density at radius 3 is 1.47 bits per heavy atom. The molecule has 0 aliphatic carbocycles. The van der Waals surface area contributed by atoms with E-state index in [0.717, 1.165) is 66.9 Å². The van der Waals surface area contributed by atoms with Gasteiger partial charge in [0.25, 0.3) is 0 Å². The zero-order valence-corrected chi connectivity index (χ0v) is 28.4. The molecule has 51 heavy (non-hydrogen) atoms. The smallest absolute Gasteiger partial charge is 0.123 e. The molecule has 0 saturated carbocycles. The van der Waals surface area contributed by atoms with Gasteiger partial charge in [0.15, 0.2) is 0 Å². The molecule has 4 heterocycles. The van der Waals surface area contributed by atoms with Gasteiger partial charge in [-0.3, -0.25) is 0 Å². The van der Waals surface area contributed by atoms with Crippen LogP contribution in [0.15, 0.2) is 146 Å². The molecule has 4 aromatic carbocycles. The van der Waals surface area contributed by atoms with Crippen LogP contribution in [-0.2, 0) is 5.60 Å². The molecule has 254 valence electrons. The van der Waals surface area contributed by atoms with Gasteiger partial charge in [-0.25, -0.2) is 17.8 Å². The Morgan fingerprint density at radius 1 is 0.549 bits per heavy atom. The Kier molecular flexibility index (Phi) is 9.04. The number of hydrogen-bond donors (Lipinski definition) is 2. The minimum Gasteiger partial charge on any atom is -0.389 e. The summed E-state index contributed by atoms with van der Waals surface area (Å²) in [6, 6.07) is 40.5. The highest BCUT2D eigenvalue weighted by Gasteiger charge is 2.16. The molecule has 6 nitrogen and oxygen atoms in total. The van der Waals surface area contributed by atoms with Crippen LogP contribution in [0.4, 0.5) is 8.78 Å². The Balaban J connectivity index is 0.000000159. The molecular weight excluding hydrogens is 642 g/mol. The number of benzene rings is 4. The largest absolute Gasteiger partial charge is 0.389 e. The molecule has 0 aliphatic heterocycles. The molecular formula is C43H36F2N4O2. The van der Waals surface area contributed by atoms with E-state index in [-0.39, 0.29) is 11.6 Å². The van der Waals surface area contributed by atoms with E-state index in [4.69, 9.17) is 0 Å². The number of aliphatic hydroxyl groups excluding tert-OH is 1. The second kappa shape index (κ2) is 13.7. The van der Waals surface area contributed by atoms with Crippen LogP contribution in [0.1, 0.15) is 38.0 Å². The molecule has 1 atom stereocenters. The van der Waals surface area contributed by atoms with Gasteiger partial charge in [0.05, 0.1) is 34.1 Å². The lowest BCUT2D eigenvalue weighted by molar-refractivity contribution is 0.0786. The average molecular weight is 679 g/mol. The normalized spacial score (nSPS) is 12.1. The summed E-state index contributed by atoms with van der Waals surface area (Å²) in [5.74, 6) is -0.515. The third-order valence-corrected chi connectivity index (χ3v) is 8.81. The Morgan fingerprint density at radius 2 is 1.00 bits per heavy atom. The molecule has 0 saturated heterocycles. The van der Waals surface area contributed by atoms with Gasteiger partial charge >= 0.3 is 0 Å². The summed E-state index contributed by atoms with van der Waals surface area (Å²) >= 11 is 0. The van der Waals surface area contributed by atoms with Crippen molar-refractivity contribution >= 4 is 11.0 Å². The van der Waals surface area contributed by atoms with Gasteiger partial charge in [0, 0.05) is 23.5 Å². The summed E-state index contributed by atoms with van der Waals surface area (Å²) in [6.45, 7) is 5.32. The third-order valence-electron chi connectivity index (χ3n) is 8.81. The minimum atomic E-state index is -0.882. The van der Waals surface area contributed by atoms with Crippen molar-refractivity contribution in [1.29, 1.82) is 0 Å². The second-order valence-corrected chi connectivity index (χ2v) is 13.1. The van der Waals surface area contributed by atoms with Crippen LogP contribution in [0.5, 0.6) is 0 Å². The maximum atomic E-state index is 13.1. The lowest BCUT2D eigenvalue weighted by Crippen LogP contribution is -2.15. The van der Waals surface area contributed by atoms with Gasteiger partial charge in [0.1, 0.15) is 11.6 Å². The zero-order chi connectivity index (χ0) is 35.7. The van der Waals surface area contributed by atoms with Crippen LogP contribution in [-0.4, -0.2) is 29.4 Å². The number of nitrogens with zero attached hydrogens (tertiary/aromatic N) is 4. The SMILES string of the molecule is CC(C)(O)c1cccc(-c2ccn3nc(-c4ccc(F)cc4)cc3c2)c1.CC(O)c1cccc(-c2ccn3nc(-c4ccc(F)cc4)cc3c2)c1. The summed E-state index contributed by atoms with van der Waals surface area (Å²) in [7, 11) is 0. The van der Waals surface area contributed by atoms with Crippen LogP contribution in [0.2, 0.25) is 0 Å². The van der Waals surface area contributed by atoms with E-state index in [1.807, 2.05) is 89.7 Å². The van der Waals surface area contributed by atoms with E-state index in [1.54, 1.807) is 49.6 Å². The van der Waals surface area contributed by atoms with E-state index >= 15 is 0 Å². The first-order valence-electron chi connectivity index (χ1n) is 16.6. The standard InChI is InChI=1S/C22H19FN2O.C21H17FN2O/c1-22(2,26)18-5-3-4-16(12-18)17-10-11-25-20(13-17)14-21(24-25)15-6-8-19(23)9-7-15;1-14(25)16-3-2-4-17(11-16)18-9-10-24-20(12-18)13-21(23-24)15-5-7-19(22)8-6-15/h3-14,26H,1-2H3;2-14,25H,1H3. The highest BCUT2D eigenvalue weighted by Crippen LogP contribution is 2.29. The molecule has 1 unspecified atom stereocenters. The predicted molar refractivity (Wildman–Crippen MR) is 198 cm³/mol. The first kappa shape index (κ1) is 33.5. The molecule has 0 bridgehead atoms. The van der Waals surface area contributed by atoms with Gasteiger partial charge in [-0.1, -0.05) is 36.4 Å². The molecule has 0 radical (unpaired) electrons. The van der Waals surface area contributed by atoms with Crippen LogP contribution in [0.25, 0.3) is 55.8 Å². The van der Waals surface area contributed by atoms with Crippen molar-refractivity contribution in [3.8, 4) is 44.8 Å². The lowest BCUT2D eigenvalue weighted by Gasteiger charge is -2.18. The first-order valence-corrected chi connectivity index (χ1v) is 16.6. The number of halogens is 2. The Hall–Kier alpha value is -5.96. The summed E-state index contributed by atoms with van der Waals surface area (Å²) in [5, 5.41) is 29.1. The molecule has 0 aliphatic rings. The number of pyridine rings is 2. The second-order valence-electron chi connectivity index (χ2n) is 13.1. The summed E-state index contributed by atoms with van der Waals surface area (Å²) in [5.41, 5.74) is 10.3. The van der Waals surface area contributed by atoms with Crippen LogP contribution < -0.4 is 0 Å². The van der Waals surface area contributed by atoms with Crippen molar-refractivity contribution in [2.75, 3.05) is 0 Å². The maximum Gasteiger partial charge on any atom is 0.123 e. The van der Waals surface area contributed by atoms with E-state index in [2.05, 4.69) is 22.3 Å². The van der Waals surface area contributed by atoms with Crippen molar-refractivity contribution < 1.29 is 19.0 Å². The fraction of sp³-hybridized carbons (Fsp3) is 0.116. The van der Waals surface area contributed by atoms with Crippen molar-refractivity contribution in [2.24, 2.45) is 0 Å². The summed E-state index contributed by atoms with van der Waals surface area (Å²) in [4.78, 5) is 0. The van der Waals surface area contributed by atoms with E-state index < -0.39 is 11.7 Å². The minimum absolute atomic E-state index is 0.257. The van der Waals surface area contributed by atoms with Crippen molar-refractivity contribution in [3.63, 3.8) is 0 Å². The predicted octanol–water partition coefficient (Wildman–Crippen LogP) is 9.90. The summed E-state index contributed by atoms with van der Waals surface area (Å²) < 4.78 is 29.8. The summed E-state index contributed by atoms with van der Waals surface area (Å²) in [6.07, 6.45) is 3.32. The number of hydrogen-bond acceptors (Lipinski definition) is 4. The Bertz CT molecular complexity index is 2460. The molecule has 0 spiro atoms. The van der Waals surface area contributed by atoms with Crippen molar-refractivity contribution in [3.05, 3.63) is 169 Å². The first-order chi connectivity index (χ1) is 24.5. The monoisotopic (exact) mass is 678 g/mol. The fourth-order valence-corrected chi connectivity index (χ4v) is 5.93. The van der Waals surface area contributed by atoms with Gasteiger partial charge in [-0.15, -0.1) is 0 Å². The van der Waals surface area contributed by atoms with Gasteiger partial charge in [0.2, 0.25) is 0 Å². The van der Waals surface area contributed by atoms with Crippen LogP contribution in [0, 0.1) is 11.6 Å². The van der Waals surface area contributed by atoms with Crippen molar-refractivity contribution in [2.45, 2.75) is 32.5 Å².